The van der Waals surface area contributed by atoms with Crippen molar-refractivity contribution in [3.8, 4) is 34.5 Å². The molecule has 44 heavy (non-hydrogen) atoms. The van der Waals surface area contributed by atoms with E-state index in [0.717, 1.165) is 49.9 Å². The summed E-state index contributed by atoms with van der Waals surface area (Å²) in [6.45, 7) is 4.45. The van der Waals surface area contributed by atoms with Crippen molar-refractivity contribution in [2.45, 2.75) is 25.7 Å². The summed E-state index contributed by atoms with van der Waals surface area (Å²) in [5.74, 6) is 4.22. The summed E-state index contributed by atoms with van der Waals surface area (Å²) >= 11 is 0. The van der Waals surface area contributed by atoms with E-state index in [4.69, 9.17) is 37.9 Å². The fraction of sp³-hybridized carbons (Fsp3) is 0.647. The number of methoxy groups -OCH3 is 6. The largest absolute Gasteiger partial charge is 0.493 e. The van der Waals surface area contributed by atoms with Crippen molar-refractivity contribution >= 4 is 0 Å². The van der Waals surface area contributed by atoms with Gasteiger partial charge in [0, 0.05) is 19.7 Å². The molecule has 0 saturated heterocycles. The highest BCUT2D eigenvalue weighted by Gasteiger charge is 2.26. The quantitative estimate of drug-likeness (QED) is 0.163. The van der Waals surface area contributed by atoms with E-state index in [1.807, 2.05) is 24.3 Å². The Morgan fingerprint density at radius 2 is 0.932 bits per heavy atom. The average molecular weight is 621 g/mol. The molecule has 0 saturated carbocycles. The molecule has 0 aliphatic heterocycles. The first kappa shape index (κ1) is 37.3. The molecule has 0 unspecified atom stereocenters. The van der Waals surface area contributed by atoms with E-state index in [2.05, 4.69) is 38.0 Å². The molecule has 0 aliphatic rings. The van der Waals surface area contributed by atoms with Gasteiger partial charge in [0.15, 0.2) is 23.0 Å². The summed E-state index contributed by atoms with van der Waals surface area (Å²) in [5.41, 5.74) is 2.21. The molecule has 0 spiro atoms. The zero-order valence-corrected chi connectivity index (χ0v) is 28.7. The summed E-state index contributed by atoms with van der Waals surface area (Å²) in [7, 11) is 18.1. The fourth-order valence-electron chi connectivity index (χ4n) is 5.26. The molecule has 250 valence electrons. The van der Waals surface area contributed by atoms with Crippen molar-refractivity contribution in [1.29, 1.82) is 0 Å². The van der Waals surface area contributed by atoms with Gasteiger partial charge >= 0.3 is 0 Å². The topological polar surface area (TPSA) is 80.3 Å². The third-order valence-electron chi connectivity index (χ3n) is 7.67. The van der Waals surface area contributed by atoms with Gasteiger partial charge in [-0.1, -0.05) is 0 Å². The Morgan fingerprint density at radius 3 is 1.32 bits per heavy atom. The van der Waals surface area contributed by atoms with Gasteiger partial charge in [0.25, 0.3) is 0 Å². The second-order valence-corrected chi connectivity index (χ2v) is 11.4. The number of ether oxygens (including phenoxy) is 8. The minimum absolute atomic E-state index is 0.195. The summed E-state index contributed by atoms with van der Waals surface area (Å²) in [6.07, 6.45) is 3.48. The van der Waals surface area contributed by atoms with E-state index in [1.165, 1.54) is 0 Å². The van der Waals surface area contributed by atoms with Gasteiger partial charge in [-0.15, -0.1) is 0 Å². The summed E-state index contributed by atoms with van der Waals surface area (Å²) in [4.78, 5) is 4.26. The van der Waals surface area contributed by atoms with E-state index in [9.17, 15) is 0 Å². The Bertz CT molecular complexity index is 1040. The normalized spacial score (nSPS) is 12.7. The number of benzene rings is 2. The zero-order valence-electron chi connectivity index (χ0n) is 28.7. The lowest BCUT2D eigenvalue weighted by Gasteiger charge is -2.29. The van der Waals surface area contributed by atoms with E-state index in [-0.39, 0.29) is 11.8 Å². The number of rotatable bonds is 23. The molecular formula is C34H56N2O8. The molecule has 2 rings (SSSR count). The molecule has 2 aromatic rings. The highest BCUT2D eigenvalue weighted by molar-refractivity contribution is 5.55. The lowest BCUT2D eigenvalue weighted by molar-refractivity contribution is 0.0601. The number of hydrogen-bond donors (Lipinski definition) is 0. The maximum absolute atomic E-state index is 6.32. The number of hydrogen-bond acceptors (Lipinski definition) is 10. The zero-order chi connectivity index (χ0) is 32.5. The molecule has 0 heterocycles. The van der Waals surface area contributed by atoms with E-state index in [1.54, 1.807) is 42.7 Å². The van der Waals surface area contributed by atoms with Crippen molar-refractivity contribution in [1.82, 2.24) is 9.80 Å². The first-order valence-electron chi connectivity index (χ1n) is 15.2. The van der Waals surface area contributed by atoms with E-state index >= 15 is 0 Å². The van der Waals surface area contributed by atoms with Crippen LogP contribution in [0.15, 0.2) is 24.3 Å². The highest BCUT2D eigenvalue weighted by atomic mass is 16.5. The van der Waals surface area contributed by atoms with Crippen LogP contribution in [-0.2, 0) is 22.3 Å². The smallest absolute Gasteiger partial charge is 0.203 e. The van der Waals surface area contributed by atoms with Gasteiger partial charge in [0.05, 0.1) is 62.5 Å². The van der Waals surface area contributed by atoms with E-state index in [0.29, 0.717) is 60.9 Å². The molecule has 0 fully saturated rings. The van der Waals surface area contributed by atoms with Crippen molar-refractivity contribution in [2.75, 3.05) is 110 Å². The lowest BCUT2D eigenvalue weighted by Crippen LogP contribution is -2.27. The Balaban J connectivity index is 2.45. The fourth-order valence-corrected chi connectivity index (χ4v) is 5.26. The third kappa shape index (κ3) is 11.9. The molecule has 0 N–H and O–H groups in total. The third-order valence-corrected chi connectivity index (χ3v) is 7.67. The van der Waals surface area contributed by atoms with Gasteiger partial charge in [0.1, 0.15) is 0 Å². The van der Waals surface area contributed by atoms with Crippen LogP contribution in [0, 0.1) is 11.8 Å². The van der Waals surface area contributed by atoms with Crippen molar-refractivity contribution in [3.63, 3.8) is 0 Å². The Hall–Kier alpha value is -2.92. The van der Waals surface area contributed by atoms with E-state index < -0.39 is 0 Å². The van der Waals surface area contributed by atoms with Crippen LogP contribution >= 0.6 is 0 Å². The van der Waals surface area contributed by atoms with Gasteiger partial charge in [-0.05, 0) is 101 Å². The number of nitrogens with zero attached hydrogens (tertiary/aromatic N) is 2. The van der Waals surface area contributed by atoms with Crippen LogP contribution in [-0.4, -0.2) is 120 Å². The van der Waals surface area contributed by atoms with Crippen LogP contribution in [0.4, 0.5) is 0 Å². The minimum atomic E-state index is 0.195. The first-order valence-corrected chi connectivity index (χ1v) is 15.2. The molecule has 10 heteroatoms. The van der Waals surface area contributed by atoms with Crippen molar-refractivity contribution in [2.24, 2.45) is 11.8 Å². The molecule has 0 aliphatic carbocycles. The minimum Gasteiger partial charge on any atom is -0.493 e. The molecule has 0 radical (unpaired) electrons. The van der Waals surface area contributed by atoms with Crippen molar-refractivity contribution < 1.29 is 37.9 Å². The molecule has 2 atom stereocenters. The SMILES string of the molecule is COc1cc(C[C@H](CCCOCCN(C)C)[C@@H](COCCN(C)C)Cc2cc(OC)c(OC)c(OC)c2)cc(OC)c1OC. The summed E-state index contributed by atoms with van der Waals surface area (Å²) < 4.78 is 46.2. The van der Waals surface area contributed by atoms with Crippen LogP contribution < -0.4 is 28.4 Å². The van der Waals surface area contributed by atoms with Crippen LogP contribution in [0.1, 0.15) is 24.0 Å². The van der Waals surface area contributed by atoms with Gasteiger partial charge < -0.3 is 47.7 Å². The van der Waals surface area contributed by atoms with Crippen LogP contribution in [0.5, 0.6) is 34.5 Å². The summed E-state index contributed by atoms with van der Waals surface area (Å²) in [5, 5.41) is 0. The summed E-state index contributed by atoms with van der Waals surface area (Å²) in [6, 6.07) is 8.17. The Labute approximate surface area is 265 Å². The van der Waals surface area contributed by atoms with Gasteiger partial charge in [-0.25, -0.2) is 0 Å². The van der Waals surface area contributed by atoms with Gasteiger partial charge in [-0.2, -0.15) is 0 Å². The second-order valence-electron chi connectivity index (χ2n) is 11.4. The molecule has 2 aromatic carbocycles. The maximum Gasteiger partial charge on any atom is 0.203 e. The predicted molar refractivity (Wildman–Crippen MR) is 175 cm³/mol. The molecular weight excluding hydrogens is 564 g/mol. The average Bonchev–Trinajstić information content (AvgIpc) is 3.01. The second kappa shape index (κ2) is 20.2. The van der Waals surface area contributed by atoms with Crippen molar-refractivity contribution in [3.05, 3.63) is 35.4 Å². The number of likely N-dealkylation sites (N-methyl/N-ethyl adjacent to an activating group) is 2. The Morgan fingerprint density at radius 1 is 0.523 bits per heavy atom. The predicted octanol–water partition coefficient (Wildman–Crippen LogP) is 4.69. The molecule has 0 aromatic heterocycles. The standard InChI is InChI=1S/C34H56N2O8/c1-35(2)13-16-43-15-11-12-27(18-25-20-29(37-5)33(41-9)30(21-25)38-6)28(24-44-17-14-36(3)4)19-26-22-31(39-7)34(42-10)32(23-26)40-8/h20-23,27-28H,11-19,24H2,1-10H3/t27-,28+/m0/s1. The monoisotopic (exact) mass is 620 g/mol. The van der Waals surface area contributed by atoms with Crippen LogP contribution in [0.2, 0.25) is 0 Å². The van der Waals surface area contributed by atoms with Crippen LogP contribution in [0.25, 0.3) is 0 Å². The lowest BCUT2D eigenvalue weighted by atomic mass is 9.80. The maximum atomic E-state index is 6.32. The molecule has 0 bridgehead atoms. The highest BCUT2D eigenvalue weighted by Crippen LogP contribution is 2.41. The Kier molecular flexibility index (Phi) is 17.1. The first-order chi connectivity index (χ1) is 21.2. The molecule has 0 amide bonds. The van der Waals surface area contributed by atoms with Gasteiger partial charge in [-0.3, -0.25) is 0 Å². The van der Waals surface area contributed by atoms with Crippen LogP contribution in [0.3, 0.4) is 0 Å². The molecule has 10 nitrogen and oxygen atoms in total. The van der Waals surface area contributed by atoms with Gasteiger partial charge in [0.2, 0.25) is 11.5 Å².